The second-order valence-electron chi connectivity index (χ2n) is 3.99. The lowest BCUT2D eigenvalue weighted by Crippen LogP contribution is -2.25. The van der Waals surface area contributed by atoms with E-state index in [1.54, 1.807) is 0 Å². The Morgan fingerprint density at radius 3 is 3.15 bits per heavy atom. The van der Waals surface area contributed by atoms with Crippen molar-refractivity contribution in [2.24, 2.45) is 0 Å². The molecule has 2 rings (SSSR count). The molecule has 0 saturated carbocycles. The third-order valence-electron chi connectivity index (χ3n) is 2.55. The Hall–Kier alpha value is -0.920. The van der Waals surface area contributed by atoms with Gasteiger partial charge in [-0.2, -0.15) is 0 Å². The van der Waals surface area contributed by atoms with Gasteiger partial charge in [0, 0.05) is 18.9 Å². The summed E-state index contributed by atoms with van der Waals surface area (Å²) in [6.45, 7) is 4.35. The second-order valence-corrected chi connectivity index (χ2v) is 3.99. The van der Waals surface area contributed by atoms with Crippen LogP contribution in [0, 0.1) is 0 Å². The Bertz CT molecular complexity index is 255. The second kappa shape index (κ2) is 3.44. The van der Waals surface area contributed by atoms with Gasteiger partial charge in [-0.15, -0.1) is 0 Å². The topological polar surface area (TPSA) is 21.3 Å². The van der Waals surface area contributed by atoms with Crippen molar-refractivity contribution in [2.75, 3.05) is 0 Å². The predicted octanol–water partition coefficient (Wildman–Crippen LogP) is 2.33. The molecule has 13 heavy (non-hydrogen) atoms. The van der Waals surface area contributed by atoms with Gasteiger partial charge < -0.3 is 10.1 Å². The molecule has 1 heterocycles. The molecule has 1 aliphatic carbocycles. The van der Waals surface area contributed by atoms with Crippen molar-refractivity contribution in [2.45, 2.75) is 45.3 Å². The molecule has 0 bridgehead atoms. The fraction of sp³-hybridized carbons (Fsp3) is 0.636. The number of hydrogen-bond donors (Lipinski definition) is 1. The van der Waals surface area contributed by atoms with Crippen molar-refractivity contribution in [1.29, 1.82) is 0 Å². The highest BCUT2D eigenvalue weighted by molar-refractivity contribution is 5.26. The van der Waals surface area contributed by atoms with E-state index in [0.717, 1.165) is 25.0 Å². The fourth-order valence-electron chi connectivity index (χ4n) is 2.01. The predicted molar refractivity (Wildman–Crippen MR) is 53.2 cm³/mol. The van der Waals surface area contributed by atoms with E-state index in [0.29, 0.717) is 12.1 Å². The minimum absolute atomic E-state index is 0.349. The number of nitrogens with one attached hydrogen (secondary N) is 1. The lowest BCUT2D eigenvalue weighted by Gasteiger charge is -2.16. The van der Waals surface area contributed by atoms with Crippen LogP contribution in [0.15, 0.2) is 23.6 Å². The first-order chi connectivity index (χ1) is 6.25. The molecule has 2 atom stereocenters. The number of ether oxygens (including phenoxy) is 1. The van der Waals surface area contributed by atoms with Crippen LogP contribution in [0.25, 0.3) is 0 Å². The lowest BCUT2D eigenvalue weighted by atomic mass is 10.1. The van der Waals surface area contributed by atoms with E-state index in [2.05, 4.69) is 31.3 Å². The van der Waals surface area contributed by atoms with Gasteiger partial charge in [-0.25, -0.2) is 0 Å². The van der Waals surface area contributed by atoms with E-state index in [-0.39, 0.29) is 0 Å². The molecule has 0 amide bonds. The van der Waals surface area contributed by atoms with E-state index < -0.39 is 0 Å². The van der Waals surface area contributed by atoms with Gasteiger partial charge in [0.25, 0.3) is 0 Å². The van der Waals surface area contributed by atoms with Gasteiger partial charge in [-0.1, -0.05) is 6.08 Å². The zero-order valence-corrected chi connectivity index (χ0v) is 8.34. The minimum Gasteiger partial charge on any atom is -0.493 e. The molecule has 0 saturated heterocycles. The summed E-state index contributed by atoms with van der Waals surface area (Å²) < 4.78 is 5.85. The molecule has 2 aliphatic rings. The highest BCUT2D eigenvalue weighted by Gasteiger charge is 2.20. The Morgan fingerprint density at radius 1 is 1.46 bits per heavy atom. The van der Waals surface area contributed by atoms with Crippen LogP contribution >= 0.6 is 0 Å². The monoisotopic (exact) mass is 179 g/mol. The molecule has 1 N–H and O–H groups in total. The van der Waals surface area contributed by atoms with E-state index >= 15 is 0 Å². The third-order valence-corrected chi connectivity index (χ3v) is 2.55. The maximum atomic E-state index is 5.85. The maximum Gasteiger partial charge on any atom is 0.120 e. The fourth-order valence-corrected chi connectivity index (χ4v) is 2.01. The van der Waals surface area contributed by atoms with Gasteiger partial charge in [-0.3, -0.25) is 0 Å². The number of rotatable bonds is 0. The van der Waals surface area contributed by atoms with Crippen molar-refractivity contribution in [1.82, 2.24) is 5.32 Å². The van der Waals surface area contributed by atoms with Crippen LogP contribution < -0.4 is 5.32 Å². The molecule has 1 aliphatic heterocycles. The summed E-state index contributed by atoms with van der Waals surface area (Å²) in [6, 6.07) is 0.519. The van der Waals surface area contributed by atoms with E-state index in [4.69, 9.17) is 4.74 Å². The smallest absolute Gasteiger partial charge is 0.120 e. The van der Waals surface area contributed by atoms with Crippen molar-refractivity contribution >= 4 is 0 Å². The molecule has 72 valence electrons. The quantitative estimate of drug-likeness (QED) is 0.616. The SMILES string of the molecule is CC1C[C@@H](C)OC2=C(C=CCC2)N1. The normalized spacial score (nSPS) is 33.1. The van der Waals surface area contributed by atoms with E-state index in [9.17, 15) is 0 Å². The molecule has 2 heteroatoms. The first-order valence-corrected chi connectivity index (χ1v) is 5.08. The lowest BCUT2D eigenvalue weighted by molar-refractivity contribution is 0.117. The van der Waals surface area contributed by atoms with Gasteiger partial charge in [0.05, 0.1) is 11.8 Å². The van der Waals surface area contributed by atoms with E-state index in [1.165, 1.54) is 5.70 Å². The Kier molecular flexibility index (Phi) is 2.30. The van der Waals surface area contributed by atoms with Crippen LogP contribution in [0.1, 0.15) is 33.1 Å². The first-order valence-electron chi connectivity index (χ1n) is 5.08. The van der Waals surface area contributed by atoms with Crippen LogP contribution in [0.2, 0.25) is 0 Å². The zero-order chi connectivity index (χ0) is 9.26. The van der Waals surface area contributed by atoms with E-state index in [1.807, 2.05) is 0 Å². The number of allylic oxidation sites excluding steroid dienone is 3. The van der Waals surface area contributed by atoms with Crippen LogP contribution in [0.4, 0.5) is 0 Å². The molecule has 0 spiro atoms. The molecular formula is C11H17NO. The summed E-state index contributed by atoms with van der Waals surface area (Å²) in [6.07, 6.45) is 7.95. The standard InChI is InChI=1S/C11H17NO/c1-8-7-9(2)13-11-6-4-3-5-10(11)12-8/h3,5,8-9,12H,4,6-7H2,1-2H3/t8?,9-/m1/s1. The maximum absolute atomic E-state index is 5.85. The summed E-state index contributed by atoms with van der Waals surface area (Å²) in [4.78, 5) is 0. The molecule has 0 aromatic heterocycles. The summed E-state index contributed by atoms with van der Waals surface area (Å²) >= 11 is 0. The highest BCUT2D eigenvalue weighted by atomic mass is 16.5. The van der Waals surface area contributed by atoms with Crippen LogP contribution in [0.5, 0.6) is 0 Å². The first kappa shape index (κ1) is 8.67. The Balaban J connectivity index is 2.20. The molecular weight excluding hydrogens is 162 g/mol. The molecule has 0 fully saturated rings. The summed E-state index contributed by atoms with van der Waals surface area (Å²) in [7, 11) is 0. The van der Waals surface area contributed by atoms with Crippen molar-refractivity contribution in [3.8, 4) is 0 Å². The van der Waals surface area contributed by atoms with Crippen molar-refractivity contribution in [3.63, 3.8) is 0 Å². The largest absolute Gasteiger partial charge is 0.493 e. The Labute approximate surface area is 79.7 Å². The van der Waals surface area contributed by atoms with Crippen molar-refractivity contribution < 1.29 is 4.74 Å². The average Bonchev–Trinajstić information content (AvgIpc) is 2.20. The van der Waals surface area contributed by atoms with Crippen molar-refractivity contribution in [3.05, 3.63) is 23.6 Å². The molecule has 0 aromatic carbocycles. The average molecular weight is 179 g/mol. The van der Waals surface area contributed by atoms with Crippen LogP contribution in [0.3, 0.4) is 0 Å². The Morgan fingerprint density at radius 2 is 2.31 bits per heavy atom. The highest BCUT2D eigenvalue weighted by Crippen LogP contribution is 2.24. The summed E-state index contributed by atoms with van der Waals surface area (Å²) in [5.74, 6) is 1.15. The van der Waals surface area contributed by atoms with Gasteiger partial charge >= 0.3 is 0 Å². The molecule has 2 nitrogen and oxygen atoms in total. The van der Waals surface area contributed by atoms with Gasteiger partial charge in [-0.05, 0) is 26.3 Å². The molecule has 0 aromatic rings. The summed E-state index contributed by atoms with van der Waals surface area (Å²) in [5.41, 5.74) is 1.20. The minimum atomic E-state index is 0.349. The summed E-state index contributed by atoms with van der Waals surface area (Å²) in [5, 5.41) is 3.48. The van der Waals surface area contributed by atoms with Gasteiger partial charge in [0.15, 0.2) is 0 Å². The molecule has 1 unspecified atom stereocenters. The molecule has 0 radical (unpaired) electrons. The third kappa shape index (κ3) is 1.87. The van der Waals surface area contributed by atoms with Crippen LogP contribution in [-0.2, 0) is 4.74 Å². The van der Waals surface area contributed by atoms with Gasteiger partial charge in [0.2, 0.25) is 0 Å². The number of hydrogen-bond acceptors (Lipinski definition) is 2. The van der Waals surface area contributed by atoms with Gasteiger partial charge in [0.1, 0.15) is 5.76 Å². The zero-order valence-electron chi connectivity index (χ0n) is 8.34. The van der Waals surface area contributed by atoms with Crippen LogP contribution in [-0.4, -0.2) is 12.1 Å².